The minimum atomic E-state index is -1.27. The minimum absolute atomic E-state index is 0.135. The molecule has 0 bridgehead atoms. The third-order valence-electron chi connectivity index (χ3n) is 3.37. The van der Waals surface area contributed by atoms with E-state index < -0.39 is 17.1 Å². The predicted octanol–water partition coefficient (Wildman–Crippen LogP) is 2.17. The van der Waals surface area contributed by atoms with Gasteiger partial charge in [0.05, 0.1) is 15.9 Å². The molecule has 2 aromatic carbocycles. The van der Waals surface area contributed by atoms with Crippen LogP contribution >= 0.6 is 0 Å². The lowest BCUT2D eigenvalue weighted by molar-refractivity contribution is -0.384. The molecule has 0 heterocycles. The van der Waals surface area contributed by atoms with Crippen LogP contribution in [-0.2, 0) is 0 Å². The van der Waals surface area contributed by atoms with Gasteiger partial charge in [-0.3, -0.25) is 10.1 Å². The van der Waals surface area contributed by atoms with Crippen LogP contribution in [-0.4, -0.2) is 21.2 Å². The summed E-state index contributed by atoms with van der Waals surface area (Å²) in [6.07, 6.45) is 0.648. The van der Waals surface area contributed by atoms with Crippen molar-refractivity contribution in [2.45, 2.75) is 12.2 Å². The summed E-state index contributed by atoms with van der Waals surface area (Å²) in [6, 6.07) is 8.72. The van der Waals surface area contributed by atoms with Gasteiger partial charge in [0.15, 0.2) is 0 Å². The summed E-state index contributed by atoms with van der Waals surface area (Å²) in [5.41, 5.74) is 0.617. The van der Waals surface area contributed by atoms with E-state index in [-0.39, 0.29) is 11.3 Å². The van der Waals surface area contributed by atoms with E-state index in [2.05, 4.69) is 0 Å². The topological polar surface area (TPSA) is 83.6 Å². The third-order valence-corrected chi connectivity index (χ3v) is 3.37. The van der Waals surface area contributed by atoms with Crippen molar-refractivity contribution < 1.29 is 15.1 Å². The zero-order chi connectivity index (χ0) is 13.6. The molecule has 0 aromatic heterocycles. The number of hydrogen-bond acceptors (Lipinski definition) is 4. The van der Waals surface area contributed by atoms with Gasteiger partial charge in [-0.1, -0.05) is 30.4 Å². The van der Waals surface area contributed by atoms with Crippen molar-refractivity contribution in [3.05, 3.63) is 57.6 Å². The Balaban J connectivity index is 2.45. The molecule has 1 aliphatic rings. The van der Waals surface area contributed by atoms with Gasteiger partial charge in [0.25, 0.3) is 5.69 Å². The smallest absolute Gasteiger partial charge is 0.283 e. The molecule has 2 atom stereocenters. The molecule has 0 fully saturated rings. The Hall–Kier alpha value is -2.24. The molecular formula is C14H11NO4. The molecule has 0 saturated carbocycles. The lowest BCUT2D eigenvalue weighted by Crippen LogP contribution is -2.20. The first kappa shape index (κ1) is 11.8. The van der Waals surface area contributed by atoms with Crippen LogP contribution in [0.1, 0.15) is 17.2 Å². The van der Waals surface area contributed by atoms with Crippen LogP contribution in [0.15, 0.2) is 36.4 Å². The zero-order valence-electron chi connectivity index (χ0n) is 9.85. The normalized spacial score (nSPS) is 21.4. The molecule has 3 rings (SSSR count). The molecule has 0 amide bonds. The van der Waals surface area contributed by atoms with Gasteiger partial charge in [-0.25, -0.2) is 0 Å². The molecule has 2 N–H and O–H groups in total. The second-order valence-electron chi connectivity index (χ2n) is 4.50. The second-order valence-corrected chi connectivity index (χ2v) is 4.50. The highest BCUT2D eigenvalue weighted by molar-refractivity contribution is 5.95. The van der Waals surface area contributed by atoms with E-state index in [9.17, 15) is 20.3 Å². The summed E-state index contributed by atoms with van der Waals surface area (Å²) in [5.74, 6) is 0. The number of aliphatic hydroxyl groups excluding tert-OH is 2. The highest BCUT2D eigenvalue weighted by Crippen LogP contribution is 2.40. The largest absolute Gasteiger partial charge is 0.386 e. The van der Waals surface area contributed by atoms with Crippen LogP contribution in [0.3, 0.4) is 0 Å². The second kappa shape index (κ2) is 4.15. The monoisotopic (exact) mass is 257 g/mol. The van der Waals surface area contributed by atoms with Gasteiger partial charge in [-0.15, -0.1) is 0 Å². The van der Waals surface area contributed by atoms with E-state index in [1.807, 2.05) is 0 Å². The summed E-state index contributed by atoms with van der Waals surface area (Å²) >= 11 is 0. The minimum Gasteiger partial charge on any atom is -0.386 e. The number of nitro benzene ring substituents is 1. The van der Waals surface area contributed by atoms with E-state index in [1.54, 1.807) is 36.4 Å². The van der Waals surface area contributed by atoms with E-state index >= 15 is 0 Å². The quantitative estimate of drug-likeness (QED) is 0.605. The first-order chi connectivity index (χ1) is 9.09. The molecule has 0 unspecified atom stereocenters. The molecule has 19 heavy (non-hydrogen) atoms. The Bertz CT molecular complexity index is 708. The number of aliphatic hydroxyl groups is 2. The third kappa shape index (κ3) is 1.71. The number of nitro groups is 1. The fourth-order valence-corrected chi connectivity index (χ4v) is 2.49. The van der Waals surface area contributed by atoms with Crippen molar-refractivity contribution in [2.24, 2.45) is 0 Å². The Morgan fingerprint density at radius 2 is 1.95 bits per heavy atom. The average molecular weight is 257 g/mol. The van der Waals surface area contributed by atoms with Crippen LogP contribution in [0.5, 0.6) is 0 Å². The van der Waals surface area contributed by atoms with E-state index in [0.717, 1.165) is 5.39 Å². The van der Waals surface area contributed by atoms with Gasteiger partial charge in [-0.2, -0.15) is 0 Å². The Labute approximate surface area is 108 Å². The van der Waals surface area contributed by atoms with Crippen LogP contribution in [0, 0.1) is 10.1 Å². The van der Waals surface area contributed by atoms with Crippen LogP contribution in [0.2, 0.25) is 0 Å². The first-order valence-electron chi connectivity index (χ1n) is 5.84. The Kier molecular flexibility index (Phi) is 2.58. The predicted molar refractivity (Wildman–Crippen MR) is 70.6 cm³/mol. The van der Waals surface area contributed by atoms with Gasteiger partial charge in [-0.05, 0) is 23.1 Å². The van der Waals surface area contributed by atoms with Crippen molar-refractivity contribution >= 4 is 22.5 Å². The van der Waals surface area contributed by atoms with Crippen molar-refractivity contribution in [3.63, 3.8) is 0 Å². The maximum Gasteiger partial charge on any atom is 0.283 e. The summed E-state index contributed by atoms with van der Waals surface area (Å²) < 4.78 is 0. The average Bonchev–Trinajstić information content (AvgIpc) is 2.40. The molecule has 0 radical (unpaired) electrons. The van der Waals surface area contributed by atoms with Gasteiger partial charge in [0, 0.05) is 0 Å². The molecule has 0 aliphatic heterocycles. The summed E-state index contributed by atoms with van der Waals surface area (Å²) in [4.78, 5) is 10.8. The number of benzene rings is 2. The van der Waals surface area contributed by atoms with E-state index in [4.69, 9.17) is 0 Å². The van der Waals surface area contributed by atoms with Gasteiger partial charge in [0.2, 0.25) is 0 Å². The summed E-state index contributed by atoms with van der Waals surface area (Å²) in [5, 5.41) is 32.2. The van der Waals surface area contributed by atoms with E-state index in [1.165, 1.54) is 6.08 Å². The fourth-order valence-electron chi connectivity index (χ4n) is 2.49. The summed E-state index contributed by atoms with van der Waals surface area (Å²) in [6.45, 7) is 0. The van der Waals surface area contributed by atoms with Gasteiger partial charge in [0.1, 0.15) is 12.2 Å². The number of fused-ring (bicyclic) bond motifs is 2. The lowest BCUT2D eigenvalue weighted by Gasteiger charge is -2.22. The molecule has 0 saturated heterocycles. The lowest BCUT2D eigenvalue weighted by atomic mass is 9.88. The highest BCUT2D eigenvalue weighted by atomic mass is 16.6. The van der Waals surface area contributed by atoms with Crippen molar-refractivity contribution in [1.82, 2.24) is 0 Å². The standard InChI is InChI=1S/C14H11NO4/c16-11-6-5-9-7-8-3-1-2-4-10(8)13(15(18)19)12(9)14(11)17/h1-7,11,14,16-17H/t11-,14+/m1/s1. The highest BCUT2D eigenvalue weighted by Gasteiger charge is 2.32. The van der Waals surface area contributed by atoms with E-state index in [0.29, 0.717) is 10.9 Å². The fraction of sp³-hybridized carbons (Fsp3) is 0.143. The van der Waals surface area contributed by atoms with Gasteiger partial charge < -0.3 is 10.2 Å². The number of hydrogen-bond donors (Lipinski definition) is 2. The maximum absolute atomic E-state index is 11.3. The number of rotatable bonds is 1. The van der Waals surface area contributed by atoms with Crippen molar-refractivity contribution in [2.75, 3.05) is 0 Å². The van der Waals surface area contributed by atoms with Crippen molar-refractivity contribution in [1.29, 1.82) is 0 Å². The molecule has 5 heteroatoms. The molecule has 2 aromatic rings. The molecule has 0 spiro atoms. The number of nitrogens with zero attached hydrogens (tertiary/aromatic N) is 1. The van der Waals surface area contributed by atoms with Crippen LogP contribution in [0.25, 0.3) is 16.8 Å². The first-order valence-corrected chi connectivity index (χ1v) is 5.84. The maximum atomic E-state index is 11.3. The SMILES string of the molecule is O=[N+]([O-])c1c2c(cc3ccccc13)C=C[C@@H](O)[C@@H]2O. The Morgan fingerprint density at radius 1 is 1.21 bits per heavy atom. The molecular weight excluding hydrogens is 246 g/mol. The van der Waals surface area contributed by atoms with Crippen LogP contribution < -0.4 is 0 Å². The van der Waals surface area contributed by atoms with Gasteiger partial charge >= 0.3 is 0 Å². The molecule has 1 aliphatic carbocycles. The summed E-state index contributed by atoms with van der Waals surface area (Å²) in [7, 11) is 0. The molecule has 96 valence electrons. The van der Waals surface area contributed by atoms with Crippen molar-refractivity contribution in [3.8, 4) is 0 Å². The van der Waals surface area contributed by atoms with Crippen LogP contribution in [0.4, 0.5) is 5.69 Å². The zero-order valence-corrected chi connectivity index (χ0v) is 9.85. The molecule has 5 nitrogen and oxygen atoms in total. The Morgan fingerprint density at radius 3 is 2.68 bits per heavy atom.